The van der Waals surface area contributed by atoms with Crippen LogP contribution in [0.2, 0.25) is 10.0 Å². The van der Waals surface area contributed by atoms with Crippen LogP contribution in [0.25, 0.3) is 11.1 Å². The van der Waals surface area contributed by atoms with Gasteiger partial charge in [0.05, 0.1) is 0 Å². The van der Waals surface area contributed by atoms with Crippen LogP contribution >= 0.6 is 23.2 Å². The normalized spacial score (nSPS) is 10.5. The second-order valence-corrected chi connectivity index (χ2v) is 6.31. The summed E-state index contributed by atoms with van der Waals surface area (Å²) in [7, 11) is 0. The predicted molar refractivity (Wildman–Crippen MR) is 99.6 cm³/mol. The third-order valence-electron chi connectivity index (χ3n) is 3.68. The van der Waals surface area contributed by atoms with Gasteiger partial charge < -0.3 is 9.84 Å². The first-order valence-electron chi connectivity index (χ1n) is 7.53. The van der Waals surface area contributed by atoms with E-state index in [9.17, 15) is 9.90 Å². The summed E-state index contributed by atoms with van der Waals surface area (Å²) in [5.41, 5.74) is 2.61. The van der Waals surface area contributed by atoms with Crippen molar-refractivity contribution in [2.45, 2.75) is 6.61 Å². The maximum atomic E-state index is 11.6. The number of carbonyl (C=O) groups is 1. The van der Waals surface area contributed by atoms with Gasteiger partial charge in [-0.3, -0.25) is 0 Å². The van der Waals surface area contributed by atoms with E-state index in [1.807, 2.05) is 30.3 Å². The quantitative estimate of drug-likeness (QED) is 0.602. The highest BCUT2D eigenvalue weighted by Crippen LogP contribution is 2.29. The summed E-state index contributed by atoms with van der Waals surface area (Å²) in [5.74, 6) is -0.733. The van der Waals surface area contributed by atoms with Crippen LogP contribution in [0, 0.1) is 0 Å². The largest absolute Gasteiger partial charge is 0.488 e. The molecule has 0 aliphatic heterocycles. The Morgan fingerprint density at radius 3 is 2.28 bits per heavy atom. The lowest BCUT2D eigenvalue weighted by Crippen LogP contribution is -2.03. The minimum Gasteiger partial charge on any atom is -0.488 e. The van der Waals surface area contributed by atoms with Crippen molar-refractivity contribution in [2.75, 3.05) is 0 Å². The van der Waals surface area contributed by atoms with Crippen LogP contribution in [0.3, 0.4) is 0 Å². The van der Waals surface area contributed by atoms with Gasteiger partial charge in [0.15, 0.2) is 0 Å². The van der Waals surface area contributed by atoms with Crippen molar-refractivity contribution < 1.29 is 14.6 Å². The zero-order valence-corrected chi connectivity index (χ0v) is 14.6. The van der Waals surface area contributed by atoms with Gasteiger partial charge in [-0.25, -0.2) is 4.79 Å². The topological polar surface area (TPSA) is 46.5 Å². The Morgan fingerprint density at radius 1 is 0.880 bits per heavy atom. The molecule has 1 N–H and O–H groups in total. The molecule has 3 rings (SSSR count). The Bertz CT molecular complexity index is 905. The number of hydrogen-bond donors (Lipinski definition) is 1. The number of carboxylic acids is 1. The fourth-order valence-corrected chi connectivity index (χ4v) is 2.73. The van der Waals surface area contributed by atoms with E-state index in [1.165, 1.54) is 0 Å². The number of benzene rings is 3. The molecule has 0 aromatic heterocycles. The zero-order valence-electron chi connectivity index (χ0n) is 13.1. The van der Waals surface area contributed by atoms with E-state index in [2.05, 4.69) is 0 Å². The van der Waals surface area contributed by atoms with Crippen LogP contribution in [0.5, 0.6) is 5.75 Å². The monoisotopic (exact) mass is 372 g/mol. The van der Waals surface area contributed by atoms with E-state index >= 15 is 0 Å². The first-order valence-corrected chi connectivity index (χ1v) is 8.29. The summed E-state index contributed by atoms with van der Waals surface area (Å²) < 4.78 is 5.69. The molecule has 0 heterocycles. The van der Waals surface area contributed by atoms with Gasteiger partial charge in [-0.15, -0.1) is 0 Å². The fourth-order valence-electron chi connectivity index (χ4n) is 2.41. The third kappa shape index (κ3) is 4.32. The molecule has 0 atom stereocenters. The number of halogens is 2. The summed E-state index contributed by atoms with van der Waals surface area (Å²) in [6, 6.07) is 19.5. The van der Waals surface area contributed by atoms with Gasteiger partial charge in [0, 0.05) is 10.0 Å². The first kappa shape index (κ1) is 17.3. The molecule has 0 aliphatic rings. The maximum absolute atomic E-state index is 11.6. The van der Waals surface area contributed by atoms with Crippen LogP contribution < -0.4 is 4.74 Å². The van der Waals surface area contributed by atoms with Crippen LogP contribution in [0.4, 0.5) is 0 Å². The van der Waals surface area contributed by atoms with E-state index in [0.29, 0.717) is 15.8 Å². The minimum atomic E-state index is -1.05. The molecule has 25 heavy (non-hydrogen) atoms. The molecule has 0 bridgehead atoms. The Kier molecular flexibility index (Phi) is 5.27. The van der Waals surface area contributed by atoms with Gasteiger partial charge in [-0.05, 0) is 53.1 Å². The number of aromatic carboxylic acids is 1. The van der Waals surface area contributed by atoms with Crippen LogP contribution in [-0.4, -0.2) is 11.1 Å². The van der Waals surface area contributed by atoms with Crippen molar-refractivity contribution >= 4 is 29.2 Å². The smallest absolute Gasteiger partial charge is 0.339 e. The van der Waals surface area contributed by atoms with Crippen LogP contribution in [-0.2, 0) is 6.61 Å². The van der Waals surface area contributed by atoms with E-state index in [0.717, 1.165) is 16.7 Å². The number of carboxylic acid groups (broad SMARTS) is 1. The van der Waals surface area contributed by atoms with Crippen molar-refractivity contribution in [2.24, 2.45) is 0 Å². The average Bonchev–Trinajstić information content (AvgIpc) is 2.61. The zero-order chi connectivity index (χ0) is 17.8. The van der Waals surface area contributed by atoms with Gasteiger partial charge in [0.25, 0.3) is 0 Å². The maximum Gasteiger partial charge on any atom is 0.339 e. The summed E-state index contributed by atoms with van der Waals surface area (Å²) in [4.78, 5) is 11.6. The molecular weight excluding hydrogens is 359 g/mol. The van der Waals surface area contributed by atoms with Gasteiger partial charge in [-0.2, -0.15) is 0 Å². The lowest BCUT2D eigenvalue weighted by atomic mass is 10.0. The van der Waals surface area contributed by atoms with Gasteiger partial charge in [-0.1, -0.05) is 53.5 Å². The lowest BCUT2D eigenvalue weighted by Gasteiger charge is -2.11. The van der Waals surface area contributed by atoms with E-state index in [1.54, 1.807) is 36.4 Å². The van der Waals surface area contributed by atoms with Crippen LogP contribution in [0.15, 0.2) is 66.7 Å². The summed E-state index contributed by atoms with van der Waals surface area (Å²) in [6.45, 7) is 0.258. The van der Waals surface area contributed by atoms with Crippen molar-refractivity contribution in [3.63, 3.8) is 0 Å². The number of rotatable bonds is 5. The Balaban J connectivity index is 1.86. The molecule has 0 saturated heterocycles. The molecule has 3 nitrogen and oxygen atoms in total. The van der Waals surface area contributed by atoms with Crippen molar-refractivity contribution in [1.29, 1.82) is 0 Å². The summed E-state index contributed by atoms with van der Waals surface area (Å²) >= 11 is 11.9. The minimum absolute atomic E-state index is 0.103. The molecule has 0 fully saturated rings. The van der Waals surface area contributed by atoms with Crippen molar-refractivity contribution in [3.05, 3.63) is 87.9 Å². The first-order chi connectivity index (χ1) is 12.0. The molecule has 0 unspecified atom stereocenters. The predicted octanol–water partition coefficient (Wildman–Crippen LogP) is 5.94. The van der Waals surface area contributed by atoms with E-state index < -0.39 is 5.97 Å². The van der Waals surface area contributed by atoms with Crippen molar-refractivity contribution in [3.8, 4) is 16.9 Å². The van der Waals surface area contributed by atoms with Gasteiger partial charge >= 0.3 is 5.97 Å². The van der Waals surface area contributed by atoms with Crippen LogP contribution in [0.1, 0.15) is 15.9 Å². The van der Waals surface area contributed by atoms with Gasteiger partial charge in [0.2, 0.25) is 0 Å². The molecule has 0 aliphatic carbocycles. The summed E-state index contributed by atoms with van der Waals surface area (Å²) in [5, 5.41) is 10.7. The highest BCUT2D eigenvalue weighted by atomic mass is 35.5. The molecule has 0 spiro atoms. The Morgan fingerprint density at radius 2 is 1.60 bits per heavy atom. The highest BCUT2D eigenvalue weighted by Gasteiger charge is 2.13. The second-order valence-electron chi connectivity index (χ2n) is 5.44. The second kappa shape index (κ2) is 7.60. The summed E-state index contributed by atoms with van der Waals surface area (Å²) in [6.07, 6.45) is 0. The fraction of sp³-hybridized carbons (Fsp3) is 0.0500. The SMILES string of the molecule is O=C(O)c1cc(-c2cccc(Cl)c2)ccc1OCc1ccc(Cl)cc1. The molecule has 0 saturated carbocycles. The van der Waals surface area contributed by atoms with E-state index in [4.69, 9.17) is 27.9 Å². The Hall–Kier alpha value is -2.49. The molecule has 0 radical (unpaired) electrons. The third-order valence-corrected chi connectivity index (χ3v) is 4.16. The molecule has 3 aromatic carbocycles. The number of hydrogen-bond acceptors (Lipinski definition) is 2. The molecular formula is C20H14Cl2O3. The lowest BCUT2D eigenvalue weighted by molar-refractivity contribution is 0.0692. The molecule has 3 aromatic rings. The van der Waals surface area contributed by atoms with Crippen molar-refractivity contribution in [1.82, 2.24) is 0 Å². The highest BCUT2D eigenvalue weighted by molar-refractivity contribution is 6.31. The molecule has 126 valence electrons. The Labute approximate surface area is 155 Å². The van der Waals surface area contributed by atoms with Gasteiger partial charge in [0.1, 0.15) is 17.9 Å². The standard InChI is InChI=1S/C20H14Cl2O3/c21-16-7-4-13(5-8-16)12-25-19-9-6-15(11-18(19)20(23)24)14-2-1-3-17(22)10-14/h1-11H,12H2,(H,23,24). The molecule has 5 heteroatoms. The average molecular weight is 373 g/mol. The molecule has 0 amide bonds. The van der Waals surface area contributed by atoms with E-state index in [-0.39, 0.29) is 12.2 Å². The number of ether oxygens (including phenoxy) is 1.